The smallest absolute Gasteiger partial charge is 0.120 e. The van der Waals surface area contributed by atoms with Crippen LogP contribution in [0.2, 0.25) is 0 Å². The second-order valence-electron chi connectivity index (χ2n) is 9.62. The average molecular weight is 467 g/mol. The summed E-state index contributed by atoms with van der Waals surface area (Å²) in [4.78, 5) is 2.68. The van der Waals surface area contributed by atoms with Gasteiger partial charge in [-0.05, 0) is 120 Å². The van der Waals surface area contributed by atoms with Crippen LogP contribution in [0.4, 0.5) is 0 Å². The third kappa shape index (κ3) is 7.56. The Kier molecular flexibility index (Phi) is 9.33. The van der Waals surface area contributed by atoms with Crippen LogP contribution < -0.4 is 4.74 Å². The number of aliphatic hydroxyl groups is 1. The summed E-state index contributed by atoms with van der Waals surface area (Å²) < 4.78 is 7.10. The van der Waals surface area contributed by atoms with Gasteiger partial charge in [-0.15, -0.1) is 0 Å². The van der Waals surface area contributed by atoms with Gasteiger partial charge in [0, 0.05) is 11.1 Å². The molecule has 1 aliphatic carbocycles. The van der Waals surface area contributed by atoms with E-state index in [1.165, 1.54) is 81.0 Å². The lowest BCUT2D eigenvalue weighted by Crippen LogP contribution is -2.35. The predicted molar refractivity (Wildman–Crippen MR) is 125 cm³/mol. The van der Waals surface area contributed by atoms with Gasteiger partial charge in [0.25, 0.3) is 0 Å². The van der Waals surface area contributed by atoms with Crippen LogP contribution in [0.5, 0.6) is 5.75 Å². The Morgan fingerprint density at radius 3 is 2.38 bits per heavy atom. The first kappa shape index (κ1) is 23.1. The van der Waals surface area contributed by atoms with Gasteiger partial charge < -0.3 is 14.7 Å². The Hall–Kier alpha value is -0.580. The second kappa shape index (κ2) is 11.7. The predicted octanol–water partition coefficient (Wildman–Crippen LogP) is 6.07. The molecule has 1 N–H and O–H groups in total. The Labute approximate surface area is 186 Å². The van der Waals surface area contributed by atoms with E-state index >= 15 is 0 Å². The molecule has 3 rings (SSSR count). The molecule has 29 heavy (non-hydrogen) atoms. The Bertz CT molecular complexity index is 605. The maximum atomic E-state index is 9.29. The molecule has 164 valence electrons. The summed E-state index contributed by atoms with van der Waals surface area (Å²) in [5.41, 5.74) is 1.39. The number of benzene rings is 1. The van der Waals surface area contributed by atoms with Crippen molar-refractivity contribution >= 4 is 15.9 Å². The normalized spacial score (nSPS) is 24.2. The molecule has 0 bridgehead atoms. The molecular formula is C25H40BrNO2. The lowest BCUT2D eigenvalue weighted by Gasteiger charge is -2.33. The molecule has 1 aromatic carbocycles. The van der Waals surface area contributed by atoms with E-state index in [-0.39, 0.29) is 6.10 Å². The molecule has 2 aliphatic rings. The highest BCUT2D eigenvalue weighted by Gasteiger charge is 2.22. The molecule has 2 fully saturated rings. The van der Waals surface area contributed by atoms with Crippen LogP contribution in [0.15, 0.2) is 22.7 Å². The zero-order valence-electron chi connectivity index (χ0n) is 18.4. The standard InChI is InChI=1S/C25H40BrNO2/c1-19(2)29-24-9-10-25(26)23(17-24)16-21-11-14-27(15-12-21)13-3-4-20-5-7-22(18-28)8-6-20/h9-10,17,19-22,28H,3-8,11-16,18H2,1-2H3. The summed E-state index contributed by atoms with van der Waals surface area (Å²) in [7, 11) is 0. The van der Waals surface area contributed by atoms with Crippen LogP contribution in [0.25, 0.3) is 0 Å². The van der Waals surface area contributed by atoms with Crippen molar-refractivity contribution in [1.29, 1.82) is 0 Å². The zero-order valence-corrected chi connectivity index (χ0v) is 20.0. The van der Waals surface area contributed by atoms with Gasteiger partial charge in [-0.2, -0.15) is 0 Å². The van der Waals surface area contributed by atoms with Gasteiger partial charge in [-0.3, -0.25) is 0 Å². The quantitative estimate of drug-likeness (QED) is 0.480. The van der Waals surface area contributed by atoms with E-state index in [1.807, 2.05) is 0 Å². The minimum absolute atomic E-state index is 0.219. The molecule has 1 aromatic rings. The van der Waals surface area contributed by atoms with Crippen LogP contribution in [-0.4, -0.2) is 42.4 Å². The molecule has 3 nitrogen and oxygen atoms in total. The van der Waals surface area contributed by atoms with Crippen LogP contribution in [0.1, 0.15) is 70.8 Å². The van der Waals surface area contributed by atoms with E-state index < -0.39 is 0 Å². The molecule has 0 aromatic heterocycles. The fraction of sp³-hybridized carbons (Fsp3) is 0.760. The van der Waals surface area contributed by atoms with Crippen LogP contribution in [0.3, 0.4) is 0 Å². The molecule has 1 saturated heterocycles. The van der Waals surface area contributed by atoms with Crippen molar-refractivity contribution in [3.8, 4) is 5.75 Å². The number of hydrogen-bond acceptors (Lipinski definition) is 3. The van der Waals surface area contributed by atoms with Crippen molar-refractivity contribution in [2.75, 3.05) is 26.2 Å². The fourth-order valence-corrected chi connectivity index (χ4v) is 5.49. The highest BCUT2D eigenvalue weighted by Crippen LogP contribution is 2.32. The lowest BCUT2D eigenvalue weighted by atomic mass is 9.80. The molecule has 0 atom stereocenters. The Morgan fingerprint density at radius 1 is 1.03 bits per heavy atom. The van der Waals surface area contributed by atoms with E-state index in [1.54, 1.807) is 0 Å². The minimum atomic E-state index is 0.219. The fourth-order valence-electron chi connectivity index (χ4n) is 5.08. The van der Waals surface area contributed by atoms with Gasteiger partial charge in [-0.25, -0.2) is 0 Å². The maximum Gasteiger partial charge on any atom is 0.120 e. The molecular weight excluding hydrogens is 426 g/mol. The van der Waals surface area contributed by atoms with Gasteiger partial charge in [0.2, 0.25) is 0 Å². The van der Waals surface area contributed by atoms with Gasteiger partial charge in [0.05, 0.1) is 6.10 Å². The van der Waals surface area contributed by atoms with Crippen molar-refractivity contribution in [2.24, 2.45) is 17.8 Å². The highest BCUT2D eigenvalue weighted by molar-refractivity contribution is 9.10. The largest absolute Gasteiger partial charge is 0.491 e. The van der Waals surface area contributed by atoms with Crippen molar-refractivity contribution < 1.29 is 9.84 Å². The van der Waals surface area contributed by atoms with Gasteiger partial charge in [0.1, 0.15) is 5.75 Å². The highest BCUT2D eigenvalue weighted by atomic mass is 79.9. The number of nitrogens with zero attached hydrogens (tertiary/aromatic N) is 1. The first-order valence-corrected chi connectivity index (χ1v) is 12.6. The van der Waals surface area contributed by atoms with Crippen molar-refractivity contribution in [3.05, 3.63) is 28.2 Å². The molecule has 0 amide bonds. The number of rotatable bonds is 9. The topological polar surface area (TPSA) is 32.7 Å². The van der Waals surface area contributed by atoms with Gasteiger partial charge >= 0.3 is 0 Å². The minimum Gasteiger partial charge on any atom is -0.491 e. The first-order valence-electron chi connectivity index (χ1n) is 11.8. The lowest BCUT2D eigenvalue weighted by molar-refractivity contribution is 0.153. The number of hydrogen-bond donors (Lipinski definition) is 1. The van der Waals surface area contributed by atoms with Crippen molar-refractivity contribution in [3.63, 3.8) is 0 Å². The molecule has 0 radical (unpaired) electrons. The number of halogens is 1. The molecule has 1 aliphatic heterocycles. The van der Waals surface area contributed by atoms with E-state index in [0.717, 1.165) is 24.0 Å². The maximum absolute atomic E-state index is 9.29. The molecule has 1 saturated carbocycles. The summed E-state index contributed by atoms with van der Waals surface area (Å²) in [6.45, 7) is 8.33. The van der Waals surface area contributed by atoms with E-state index in [9.17, 15) is 5.11 Å². The number of piperidine rings is 1. The van der Waals surface area contributed by atoms with Crippen LogP contribution >= 0.6 is 15.9 Å². The summed E-state index contributed by atoms with van der Waals surface area (Å²) in [6.07, 6.45) is 11.9. The number of aliphatic hydroxyl groups excluding tert-OH is 1. The number of likely N-dealkylation sites (tertiary alicyclic amines) is 1. The third-order valence-electron chi connectivity index (χ3n) is 6.92. The third-order valence-corrected chi connectivity index (χ3v) is 7.69. The van der Waals surface area contributed by atoms with Crippen LogP contribution in [0, 0.1) is 17.8 Å². The van der Waals surface area contributed by atoms with E-state index in [2.05, 4.69) is 52.9 Å². The zero-order chi connectivity index (χ0) is 20.6. The monoisotopic (exact) mass is 465 g/mol. The van der Waals surface area contributed by atoms with Gasteiger partial charge in [-0.1, -0.05) is 28.8 Å². The molecule has 0 unspecified atom stereocenters. The van der Waals surface area contributed by atoms with Crippen molar-refractivity contribution in [2.45, 2.75) is 77.7 Å². The Morgan fingerprint density at radius 2 is 1.72 bits per heavy atom. The van der Waals surface area contributed by atoms with Crippen LogP contribution in [-0.2, 0) is 6.42 Å². The summed E-state index contributed by atoms with van der Waals surface area (Å²) >= 11 is 3.74. The van der Waals surface area contributed by atoms with Crippen molar-refractivity contribution in [1.82, 2.24) is 4.90 Å². The first-order chi connectivity index (χ1) is 14.0. The second-order valence-corrected chi connectivity index (χ2v) is 10.5. The van der Waals surface area contributed by atoms with Gasteiger partial charge in [0.15, 0.2) is 0 Å². The Balaban J connectivity index is 1.35. The summed E-state index contributed by atoms with van der Waals surface area (Å²) in [5.74, 6) is 3.27. The average Bonchev–Trinajstić information content (AvgIpc) is 2.72. The number of ether oxygens (including phenoxy) is 1. The summed E-state index contributed by atoms with van der Waals surface area (Å²) in [5, 5.41) is 9.29. The summed E-state index contributed by atoms with van der Waals surface area (Å²) in [6, 6.07) is 6.42. The SMILES string of the molecule is CC(C)Oc1ccc(Br)c(CC2CCN(CCCC3CCC(CO)CC3)CC2)c1. The van der Waals surface area contributed by atoms with E-state index in [0.29, 0.717) is 12.5 Å². The molecule has 4 heteroatoms. The van der Waals surface area contributed by atoms with E-state index in [4.69, 9.17) is 4.74 Å². The molecule has 0 spiro atoms. The molecule has 1 heterocycles.